The van der Waals surface area contributed by atoms with E-state index < -0.39 is 0 Å². The van der Waals surface area contributed by atoms with E-state index in [-0.39, 0.29) is 6.10 Å². The number of ether oxygens (including phenoxy) is 1. The summed E-state index contributed by atoms with van der Waals surface area (Å²) in [5.41, 5.74) is 0. The van der Waals surface area contributed by atoms with Crippen molar-refractivity contribution in [3.8, 4) is 6.19 Å². The highest BCUT2D eigenvalue weighted by atomic mass is 16.5. The maximum Gasteiger partial charge on any atom is 0.176 e. The SMILES string of the molecule is N#CNCC1CCCO1. The largest absolute Gasteiger partial charge is 0.376 e. The van der Waals surface area contributed by atoms with Crippen LogP contribution in [-0.2, 0) is 4.74 Å². The Morgan fingerprint density at radius 2 is 2.67 bits per heavy atom. The molecule has 9 heavy (non-hydrogen) atoms. The first-order valence-electron chi connectivity index (χ1n) is 3.17. The van der Waals surface area contributed by atoms with Crippen molar-refractivity contribution >= 4 is 0 Å². The lowest BCUT2D eigenvalue weighted by Gasteiger charge is -2.04. The van der Waals surface area contributed by atoms with Crippen LogP contribution in [0.25, 0.3) is 0 Å². The molecule has 1 aliphatic heterocycles. The molecule has 0 saturated carbocycles. The lowest BCUT2D eigenvalue weighted by molar-refractivity contribution is 0.113. The number of hydrogen-bond acceptors (Lipinski definition) is 3. The lowest BCUT2D eigenvalue weighted by Crippen LogP contribution is -2.21. The molecular weight excluding hydrogens is 116 g/mol. The first-order valence-corrected chi connectivity index (χ1v) is 3.17. The summed E-state index contributed by atoms with van der Waals surface area (Å²) in [7, 11) is 0. The standard InChI is InChI=1S/C6H10N2O/c7-5-8-4-6-2-1-3-9-6/h6,8H,1-4H2. The van der Waals surface area contributed by atoms with Crippen LogP contribution in [0.5, 0.6) is 0 Å². The number of nitriles is 1. The molecule has 0 bridgehead atoms. The number of nitrogens with zero attached hydrogens (tertiary/aromatic N) is 1. The summed E-state index contributed by atoms with van der Waals surface area (Å²) in [6, 6.07) is 0. The lowest BCUT2D eigenvalue weighted by atomic mass is 10.2. The van der Waals surface area contributed by atoms with Crippen molar-refractivity contribution in [1.29, 1.82) is 5.26 Å². The molecule has 0 aromatic rings. The minimum absolute atomic E-state index is 0.282. The molecule has 0 radical (unpaired) electrons. The van der Waals surface area contributed by atoms with Gasteiger partial charge in [0.15, 0.2) is 6.19 Å². The summed E-state index contributed by atoms with van der Waals surface area (Å²) < 4.78 is 5.24. The third-order valence-electron chi connectivity index (χ3n) is 1.43. The van der Waals surface area contributed by atoms with E-state index in [1.807, 2.05) is 6.19 Å². The second kappa shape index (κ2) is 3.31. The van der Waals surface area contributed by atoms with Gasteiger partial charge < -0.3 is 10.1 Å². The van der Waals surface area contributed by atoms with E-state index in [2.05, 4.69) is 5.32 Å². The number of rotatable bonds is 2. The minimum atomic E-state index is 0.282. The van der Waals surface area contributed by atoms with Crippen LogP contribution in [0.1, 0.15) is 12.8 Å². The van der Waals surface area contributed by atoms with Crippen LogP contribution in [0.15, 0.2) is 0 Å². The highest BCUT2D eigenvalue weighted by Gasteiger charge is 2.13. The molecule has 1 N–H and O–H groups in total. The molecular formula is C6H10N2O. The van der Waals surface area contributed by atoms with Crippen molar-refractivity contribution in [3.63, 3.8) is 0 Å². The van der Waals surface area contributed by atoms with Gasteiger partial charge >= 0.3 is 0 Å². The fraction of sp³-hybridized carbons (Fsp3) is 0.833. The first kappa shape index (κ1) is 6.37. The van der Waals surface area contributed by atoms with Crippen LogP contribution >= 0.6 is 0 Å². The highest BCUT2D eigenvalue weighted by molar-refractivity contribution is 4.73. The van der Waals surface area contributed by atoms with Crippen molar-refractivity contribution in [1.82, 2.24) is 5.32 Å². The van der Waals surface area contributed by atoms with Gasteiger partial charge in [-0.2, -0.15) is 5.26 Å². The van der Waals surface area contributed by atoms with Gasteiger partial charge in [0.1, 0.15) is 0 Å². The monoisotopic (exact) mass is 126 g/mol. The van der Waals surface area contributed by atoms with Crippen LogP contribution in [0.3, 0.4) is 0 Å². The maximum atomic E-state index is 8.11. The van der Waals surface area contributed by atoms with Gasteiger partial charge in [0.2, 0.25) is 0 Å². The summed E-state index contributed by atoms with van der Waals surface area (Å²) >= 11 is 0. The average Bonchev–Trinajstić information content (AvgIpc) is 2.34. The van der Waals surface area contributed by atoms with Gasteiger partial charge in [-0.05, 0) is 12.8 Å². The van der Waals surface area contributed by atoms with Gasteiger partial charge in [0.25, 0.3) is 0 Å². The second-order valence-corrected chi connectivity index (χ2v) is 2.13. The van der Waals surface area contributed by atoms with E-state index in [0.717, 1.165) is 19.4 Å². The topological polar surface area (TPSA) is 45.0 Å². The molecule has 0 aromatic carbocycles. The van der Waals surface area contributed by atoms with E-state index in [9.17, 15) is 0 Å². The van der Waals surface area contributed by atoms with Crippen molar-refractivity contribution < 1.29 is 4.74 Å². The Hall–Kier alpha value is -0.750. The van der Waals surface area contributed by atoms with Crippen LogP contribution < -0.4 is 5.32 Å². The van der Waals surface area contributed by atoms with Gasteiger partial charge in [0, 0.05) is 6.61 Å². The molecule has 1 aliphatic rings. The van der Waals surface area contributed by atoms with Crippen LogP contribution in [-0.4, -0.2) is 19.3 Å². The molecule has 1 atom stereocenters. The predicted octanol–water partition coefficient (Wildman–Crippen LogP) is 0.236. The van der Waals surface area contributed by atoms with E-state index in [0.29, 0.717) is 6.54 Å². The van der Waals surface area contributed by atoms with Crippen LogP contribution in [0.2, 0.25) is 0 Å². The van der Waals surface area contributed by atoms with Crippen molar-refractivity contribution in [2.45, 2.75) is 18.9 Å². The van der Waals surface area contributed by atoms with Crippen LogP contribution in [0, 0.1) is 11.5 Å². The summed E-state index contributed by atoms with van der Waals surface area (Å²) in [6.45, 7) is 1.54. The summed E-state index contributed by atoms with van der Waals surface area (Å²) in [5, 5.41) is 10.7. The van der Waals surface area contributed by atoms with E-state index in [1.165, 1.54) is 0 Å². The molecule has 1 rings (SSSR count). The third kappa shape index (κ3) is 1.90. The quantitative estimate of drug-likeness (QED) is 0.425. The Morgan fingerprint density at radius 1 is 1.78 bits per heavy atom. The Balaban J connectivity index is 2.06. The van der Waals surface area contributed by atoms with Crippen molar-refractivity contribution in [2.24, 2.45) is 0 Å². The zero-order chi connectivity index (χ0) is 6.53. The molecule has 0 aliphatic carbocycles. The summed E-state index contributed by atoms with van der Waals surface area (Å²) in [6.07, 6.45) is 4.38. The molecule has 1 fully saturated rings. The Bertz CT molecular complexity index is 113. The molecule has 1 unspecified atom stereocenters. The molecule has 1 heterocycles. The van der Waals surface area contributed by atoms with Gasteiger partial charge in [-0.25, -0.2) is 0 Å². The smallest absolute Gasteiger partial charge is 0.176 e. The molecule has 0 spiro atoms. The molecule has 1 saturated heterocycles. The molecule has 0 amide bonds. The fourth-order valence-corrected chi connectivity index (χ4v) is 0.965. The number of hydrogen-bond donors (Lipinski definition) is 1. The van der Waals surface area contributed by atoms with Gasteiger partial charge in [-0.1, -0.05) is 0 Å². The number of nitrogens with one attached hydrogen (secondary N) is 1. The summed E-state index contributed by atoms with van der Waals surface area (Å²) in [5.74, 6) is 0. The van der Waals surface area contributed by atoms with Gasteiger partial charge in [0.05, 0.1) is 12.6 Å². The van der Waals surface area contributed by atoms with Gasteiger partial charge in [-0.15, -0.1) is 0 Å². The predicted molar refractivity (Wildman–Crippen MR) is 32.6 cm³/mol. The fourth-order valence-electron chi connectivity index (χ4n) is 0.965. The molecule has 50 valence electrons. The highest BCUT2D eigenvalue weighted by Crippen LogP contribution is 2.09. The molecule has 3 nitrogen and oxygen atoms in total. The molecule has 3 heteroatoms. The minimum Gasteiger partial charge on any atom is -0.376 e. The third-order valence-corrected chi connectivity index (χ3v) is 1.43. The second-order valence-electron chi connectivity index (χ2n) is 2.13. The Morgan fingerprint density at radius 3 is 3.22 bits per heavy atom. The van der Waals surface area contributed by atoms with E-state index >= 15 is 0 Å². The Labute approximate surface area is 54.6 Å². The zero-order valence-electron chi connectivity index (χ0n) is 5.26. The van der Waals surface area contributed by atoms with Crippen molar-refractivity contribution in [2.75, 3.05) is 13.2 Å². The first-order chi connectivity index (χ1) is 4.43. The van der Waals surface area contributed by atoms with E-state index in [1.54, 1.807) is 0 Å². The normalized spacial score (nSPS) is 25.4. The van der Waals surface area contributed by atoms with E-state index in [4.69, 9.17) is 10.00 Å². The van der Waals surface area contributed by atoms with Crippen LogP contribution in [0.4, 0.5) is 0 Å². The zero-order valence-corrected chi connectivity index (χ0v) is 5.26. The van der Waals surface area contributed by atoms with Crippen molar-refractivity contribution in [3.05, 3.63) is 0 Å². The Kier molecular flexibility index (Phi) is 2.34. The maximum absolute atomic E-state index is 8.11. The summed E-state index contributed by atoms with van der Waals surface area (Å²) in [4.78, 5) is 0. The van der Waals surface area contributed by atoms with Gasteiger partial charge in [-0.3, -0.25) is 0 Å². The molecule has 0 aromatic heterocycles. The average molecular weight is 126 g/mol.